The highest BCUT2D eigenvalue weighted by Gasteiger charge is 2.26. The maximum Gasteiger partial charge on any atom is 0.316 e. The summed E-state index contributed by atoms with van der Waals surface area (Å²) >= 11 is 0. The van der Waals surface area contributed by atoms with Gasteiger partial charge in [-0.1, -0.05) is 21.6 Å². The number of nitrogens with zero attached hydrogens (tertiary/aromatic N) is 2. The molecule has 1 rings (SSSR count). The van der Waals surface area contributed by atoms with E-state index >= 15 is 0 Å². The monoisotopic (exact) mass is 286 g/mol. The van der Waals surface area contributed by atoms with Crippen molar-refractivity contribution < 1.29 is 9.59 Å². The molecule has 1 heterocycles. The molecule has 4 nitrogen and oxygen atoms in total. The first-order chi connectivity index (χ1) is 8.27. The standard InChI is InChI=1S/C12H18N2O2S2/c1-7-9(3)17-18-10(4)8(2)14(6)12(16)11(15)13(7)5/h1-6H3/b9-7-,10-8-. The molecule has 2 amide bonds. The van der Waals surface area contributed by atoms with Crippen LogP contribution in [0.4, 0.5) is 0 Å². The molecule has 0 bridgehead atoms. The lowest BCUT2D eigenvalue weighted by atomic mass is 10.3. The third kappa shape index (κ3) is 2.92. The van der Waals surface area contributed by atoms with Gasteiger partial charge >= 0.3 is 11.8 Å². The van der Waals surface area contributed by atoms with Crippen LogP contribution in [0.25, 0.3) is 0 Å². The molecule has 1 aliphatic rings. The van der Waals surface area contributed by atoms with E-state index in [0.717, 1.165) is 21.2 Å². The van der Waals surface area contributed by atoms with Crippen LogP contribution in [-0.2, 0) is 9.59 Å². The molecule has 0 aromatic carbocycles. The predicted molar refractivity (Wildman–Crippen MR) is 77.5 cm³/mol. The molecule has 0 atom stereocenters. The van der Waals surface area contributed by atoms with Crippen LogP contribution in [0.5, 0.6) is 0 Å². The van der Waals surface area contributed by atoms with E-state index in [-0.39, 0.29) is 0 Å². The van der Waals surface area contributed by atoms with Crippen LogP contribution >= 0.6 is 21.6 Å². The molecule has 100 valence electrons. The Morgan fingerprint density at radius 2 is 1.00 bits per heavy atom. The van der Waals surface area contributed by atoms with E-state index in [0.29, 0.717) is 0 Å². The normalized spacial score (nSPS) is 27.9. The van der Waals surface area contributed by atoms with Crippen LogP contribution in [-0.4, -0.2) is 35.7 Å². The zero-order chi connectivity index (χ0) is 14.0. The molecule has 1 aliphatic heterocycles. The number of amides is 2. The second kappa shape index (κ2) is 5.84. The second-order valence-corrected chi connectivity index (χ2v) is 6.74. The minimum Gasteiger partial charge on any atom is -0.310 e. The summed E-state index contributed by atoms with van der Waals surface area (Å²) in [4.78, 5) is 29.0. The Bertz CT molecular complexity index is 413. The van der Waals surface area contributed by atoms with Crippen molar-refractivity contribution in [3.05, 3.63) is 21.2 Å². The molecule has 6 heteroatoms. The molecule has 0 radical (unpaired) electrons. The molecule has 0 aromatic rings. The number of allylic oxidation sites excluding steroid dienone is 4. The summed E-state index contributed by atoms with van der Waals surface area (Å²) in [6.07, 6.45) is 0. The number of hydrogen-bond donors (Lipinski definition) is 0. The molecule has 0 aromatic heterocycles. The Hall–Kier alpha value is -0.880. The van der Waals surface area contributed by atoms with Crippen LogP contribution in [0.1, 0.15) is 27.7 Å². The van der Waals surface area contributed by atoms with Gasteiger partial charge in [-0.3, -0.25) is 9.59 Å². The van der Waals surface area contributed by atoms with Crippen LogP contribution in [0.2, 0.25) is 0 Å². The summed E-state index contributed by atoms with van der Waals surface area (Å²) in [6.45, 7) is 7.60. The summed E-state index contributed by atoms with van der Waals surface area (Å²) in [6, 6.07) is 0. The molecule has 0 aliphatic carbocycles. The van der Waals surface area contributed by atoms with Crippen molar-refractivity contribution in [3.8, 4) is 0 Å². The van der Waals surface area contributed by atoms with Gasteiger partial charge in [0.2, 0.25) is 0 Å². The van der Waals surface area contributed by atoms with Crippen LogP contribution in [0.3, 0.4) is 0 Å². The van der Waals surface area contributed by atoms with Gasteiger partial charge in [0.05, 0.1) is 0 Å². The van der Waals surface area contributed by atoms with E-state index in [2.05, 4.69) is 0 Å². The van der Waals surface area contributed by atoms with E-state index in [1.54, 1.807) is 35.7 Å². The highest BCUT2D eigenvalue weighted by atomic mass is 33.1. The third-order valence-corrected chi connectivity index (χ3v) is 6.03. The minimum absolute atomic E-state index is 0.506. The van der Waals surface area contributed by atoms with Crippen molar-refractivity contribution >= 4 is 33.4 Å². The fourth-order valence-electron chi connectivity index (χ4n) is 1.31. The lowest BCUT2D eigenvalue weighted by Gasteiger charge is -2.26. The van der Waals surface area contributed by atoms with E-state index in [9.17, 15) is 9.59 Å². The van der Waals surface area contributed by atoms with Gasteiger partial charge in [-0.2, -0.15) is 0 Å². The smallest absolute Gasteiger partial charge is 0.310 e. The topological polar surface area (TPSA) is 40.6 Å². The SMILES string of the molecule is C/C1=C(\C)N(C)C(=O)C(=O)N(C)/C(C)=C(/C)SS1. The van der Waals surface area contributed by atoms with Crippen molar-refractivity contribution in [2.75, 3.05) is 14.1 Å². The second-order valence-electron chi connectivity index (χ2n) is 4.18. The predicted octanol–water partition coefficient (Wildman–Crippen LogP) is 2.80. The van der Waals surface area contributed by atoms with Crippen LogP contribution < -0.4 is 0 Å². The first kappa shape index (κ1) is 15.2. The quantitative estimate of drug-likeness (QED) is 0.507. The molecule has 18 heavy (non-hydrogen) atoms. The van der Waals surface area contributed by atoms with E-state index < -0.39 is 11.8 Å². The number of carbonyl (C=O) groups is 2. The van der Waals surface area contributed by atoms with Gasteiger partial charge in [0.15, 0.2) is 0 Å². The van der Waals surface area contributed by atoms with Crippen LogP contribution in [0, 0.1) is 0 Å². The molecule has 0 saturated heterocycles. The average Bonchev–Trinajstić information content (AvgIpc) is 2.38. The number of rotatable bonds is 0. The van der Waals surface area contributed by atoms with Gasteiger partial charge in [0, 0.05) is 35.3 Å². The summed E-state index contributed by atoms with van der Waals surface area (Å²) in [7, 11) is 6.48. The first-order valence-electron chi connectivity index (χ1n) is 5.52. The maximum absolute atomic E-state index is 12.0. The average molecular weight is 286 g/mol. The number of hydrogen-bond acceptors (Lipinski definition) is 4. The van der Waals surface area contributed by atoms with Gasteiger partial charge in [-0.25, -0.2) is 0 Å². The van der Waals surface area contributed by atoms with E-state index in [1.165, 1.54) is 9.80 Å². The molecule has 0 N–H and O–H groups in total. The van der Waals surface area contributed by atoms with E-state index in [4.69, 9.17) is 0 Å². The lowest BCUT2D eigenvalue weighted by molar-refractivity contribution is -0.148. The molecule has 0 fully saturated rings. The number of carbonyl (C=O) groups excluding carboxylic acids is 2. The zero-order valence-corrected chi connectivity index (χ0v) is 13.2. The fourth-order valence-corrected chi connectivity index (χ4v) is 3.55. The number of likely N-dealkylation sites (N-methyl/N-ethyl adjacent to an activating group) is 2. The Labute approximate surface area is 116 Å². The Morgan fingerprint density at radius 1 is 0.722 bits per heavy atom. The van der Waals surface area contributed by atoms with Crippen molar-refractivity contribution in [2.45, 2.75) is 27.7 Å². The highest BCUT2D eigenvalue weighted by molar-refractivity contribution is 8.79. The van der Waals surface area contributed by atoms with Crippen molar-refractivity contribution in [1.82, 2.24) is 9.80 Å². The molecular weight excluding hydrogens is 268 g/mol. The Morgan fingerprint density at radius 3 is 1.28 bits per heavy atom. The molecule has 0 saturated carbocycles. The zero-order valence-electron chi connectivity index (χ0n) is 11.5. The summed E-state index contributed by atoms with van der Waals surface area (Å²) in [5.41, 5.74) is 1.62. The summed E-state index contributed by atoms with van der Waals surface area (Å²) < 4.78 is 0. The van der Waals surface area contributed by atoms with E-state index in [1.807, 2.05) is 27.7 Å². The Balaban J connectivity index is 3.26. The van der Waals surface area contributed by atoms with Gasteiger partial charge in [0.1, 0.15) is 0 Å². The van der Waals surface area contributed by atoms with Gasteiger partial charge < -0.3 is 9.80 Å². The third-order valence-electron chi connectivity index (χ3n) is 3.11. The summed E-state index contributed by atoms with van der Waals surface area (Å²) in [5.74, 6) is -1.01. The van der Waals surface area contributed by atoms with Crippen molar-refractivity contribution in [3.63, 3.8) is 0 Å². The van der Waals surface area contributed by atoms with Crippen molar-refractivity contribution in [2.24, 2.45) is 0 Å². The molecular formula is C12H18N2O2S2. The van der Waals surface area contributed by atoms with Gasteiger partial charge in [-0.05, 0) is 27.7 Å². The van der Waals surface area contributed by atoms with Crippen LogP contribution in [0.15, 0.2) is 21.2 Å². The molecule has 0 spiro atoms. The largest absolute Gasteiger partial charge is 0.316 e. The fraction of sp³-hybridized carbons (Fsp3) is 0.500. The summed E-state index contributed by atoms with van der Waals surface area (Å²) in [5, 5.41) is 0. The van der Waals surface area contributed by atoms with Crippen molar-refractivity contribution in [1.29, 1.82) is 0 Å². The molecule has 0 unspecified atom stereocenters. The first-order valence-corrected chi connectivity index (χ1v) is 7.67. The maximum atomic E-state index is 12.0. The minimum atomic E-state index is -0.506. The lowest BCUT2D eigenvalue weighted by Crippen LogP contribution is -2.41. The highest BCUT2D eigenvalue weighted by Crippen LogP contribution is 2.39. The van der Waals surface area contributed by atoms with Gasteiger partial charge in [0.25, 0.3) is 0 Å². The Kier molecular flexibility index (Phi) is 4.92. The van der Waals surface area contributed by atoms with Gasteiger partial charge in [-0.15, -0.1) is 0 Å².